The molecule has 1 unspecified atom stereocenters. The molecule has 0 fully saturated rings. The van der Waals surface area contributed by atoms with Crippen molar-refractivity contribution < 1.29 is 9.90 Å². The van der Waals surface area contributed by atoms with E-state index < -0.39 is 11.5 Å². The van der Waals surface area contributed by atoms with Crippen LogP contribution in [0, 0.1) is 0 Å². The largest absolute Gasteiger partial charge is 0.475 e. The van der Waals surface area contributed by atoms with Gasteiger partial charge in [0.15, 0.2) is 5.50 Å². The highest BCUT2D eigenvalue weighted by atomic mass is 32.1. The van der Waals surface area contributed by atoms with Crippen LogP contribution in [0.5, 0.6) is 0 Å². The van der Waals surface area contributed by atoms with Gasteiger partial charge in [-0.3, -0.25) is 5.43 Å². The highest BCUT2D eigenvalue weighted by Crippen LogP contribution is 2.05. The van der Waals surface area contributed by atoms with Gasteiger partial charge in [0, 0.05) is 7.05 Å². The van der Waals surface area contributed by atoms with Gasteiger partial charge in [0.1, 0.15) is 0 Å². The van der Waals surface area contributed by atoms with E-state index in [1.807, 2.05) is 0 Å². The first kappa shape index (κ1) is 7.36. The van der Waals surface area contributed by atoms with Crippen molar-refractivity contribution in [2.75, 3.05) is 7.05 Å². The summed E-state index contributed by atoms with van der Waals surface area (Å²) in [6.45, 7) is 0. The summed E-state index contributed by atoms with van der Waals surface area (Å²) in [5, 5.41) is 9.89. The number of nitrogens with one attached hydrogen (secondary N) is 1. The summed E-state index contributed by atoms with van der Waals surface area (Å²) in [5.41, 5.74) is 2.11. The minimum atomic E-state index is -1.07. The number of carbonyl (C=O) groups is 1. The molecular formula is C4H7N3O2S. The number of aliphatic imine (C=N–C) groups is 1. The van der Waals surface area contributed by atoms with E-state index in [0.29, 0.717) is 0 Å². The van der Waals surface area contributed by atoms with Crippen LogP contribution in [0.15, 0.2) is 4.99 Å². The maximum absolute atomic E-state index is 10.2. The summed E-state index contributed by atoms with van der Waals surface area (Å²) in [5.74, 6) is -1.13. The molecule has 0 saturated carbocycles. The van der Waals surface area contributed by atoms with Crippen molar-refractivity contribution in [3.63, 3.8) is 0 Å². The third-order valence-electron chi connectivity index (χ3n) is 1.08. The zero-order chi connectivity index (χ0) is 7.72. The van der Waals surface area contributed by atoms with Crippen LogP contribution in [-0.4, -0.2) is 34.5 Å². The van der Waals surface area contributed by atoms with E-state index in [1.54, 1.807) is 7.05 Å². The lowest BCUT2D eigenvalue weighted by Crippen LogP contribution is -2.38. The predicted molar refractivity (Wildman–Crippen MR) is 38.7 cm³/mol. The lowest BCUT2D eigenvalue weighted by atomic mass is 10.6. The molecule has 0 radical (unpaired) electrons. The summed E-state index contributed by atoms with van der Waals surface area (Å²) in [7, 11) is 1.66. The number of hydrogen-bond donors (Lipinski definition) is 3. The van der Waals surface area contributed by atoms with Crippen molar-refractivity contribution in [3.8, 4) is 0 Å². The Bertz CT molecular complexity index is 193. The molecule has 5 nitrogen and oxygen atoms in total. The van der Waals surface area contributed by atoms with Crippen molar-refractivity contribution in [1.82, 2.24) is 10.4 Å². The number of carboxylic acid groups (broad SMARTS) is 1. The maximum atomic E-state index is 10.2. The molecule has 10 heavy (non-hydrogen) atoms. The minimum absolute atomic E-state index is 0.0671. The van der Waals surface area contributed by atoms with Crippen molar-refractivity contribution in [2.45, 2.75) is 5.50 Å². The summed E-state index contributed by atoms with van der Waals surface area (Å²) >= 11 is 3.95. The molecule has 0 aromatic rings. The fourth-order valence-electron chi connectivity index (χ4n) is 0.559. The van der Waals surface area contributed by atoms with Crippen molar-refractivity contribution >= 4 is 24.4 Å². The second kappa shape index (κ2) is 2.47. The zero-order valence-electron chi connectivity index (χ0n) is 5.27. The third-order valence-corrected chi connectivity index (χ3v) is 1.54. The quantitative estimate of drug-likeness (QED) is 0.437. The number of hydrogen-bond acceptors (Lipinski definition) is 5. The molecule has 1 aliphatic rings. The SMILES string of the molecule is CN1NC(C(=O)O)=NC1S. The second-order valence-corrected chi connectivity index (χ2v) is 2.31. The Kier molecular flexibility index (Phi) is 1.82. The molecule has 1 rings (SSSR count). The second-order valence-electron chi connectivity index (χ2n) is 1.85. The molecule has 1 heterocycles. The van der Waals surface area contributed by atoms with Crippen LogP contribution in [0.25, 0.3) is 0 Å². The van der Waals surface area contributed by atoms with E-state index in [0.717, 1.165) is 0 Å². The molecule has 0 aromatic carbocycles. The number of amidine groups is 1. The summed E-state index contributed by atoms with van der Waals surface area (Å²) < 4.78 is 0. The Morgan fingerprint density at radius 1 is 2.00 bits per heavy atom. The van der Waals surface area contributed by atoms with Gasteiger partial charge in [0.05, 0.1) is 0 Å². The first-order chi connectivity index (χ1) is 4.61. The predicted octanol–water partition coefficient (Wildman–Crippen LogP) is -0.867. The van der Waals surface area contributed by atoms with Gasteiger partial charge in [-0.05, 0) is 0 Å². The number of rotatable bonds is 1. The number of nitrogens with zero attached hydrogens (tertiary/aromatic N) is 2. The van der Waals surface area contributed by atoms with E-state index in [4.69, 9.17) is 5.11 Å². The monoisotopic (exact) mass is 161 g/mol. The third kappa shape index (κ3) is 1.22. The Balaban J connectivity index is 2.67. The molecule has 0 bridgehead atoms. The number of carboxylic acids is 1. The van der Waals surface area contributed by atoms with Crippen LogP contribution in [0.4, 0.5) is 0 Å². The summed E-state index contributed by atoms with van der Waals surface area (Å²) in [6.07, 6.45) is 0. The standard InChI is InChI=1S/C4H7N3O2S/c1-7-4(10)5-2(6-7)3(8)9/h4,10H,1H3,(H,5,6)(H,8,9). The Hall–Kier alpha value is -0.750. The van der Waals surface area contributed by atoms with Crippen molar-refractivity contribution in [3.05, 3.63) is 0 Å². The molecular weight excluding hydrogens is 154 g/mol. The Labute approximate surface area is 63.1 Å². The Morgan fingerprint density at radius 2 is 2.60 bits per heavy atom. The first-order valence-corrected chi connectivity index (χ1v) is 3.11. The van der Waals surface area contributed by atoms with E-state index in [-0.39, 0.29) is 5.84 Å². The van der Waals surface area contributed by atoms with Crippen LogP contribution < -0.4 is 5.43 Å². The molecule has 0 aromatic heterocycles. The molecule has 1 aliphatic heterocycles. The van der Waals surface area contributed by atoms with E-state index in [9.17, 15) is 4.79 Å². The molecule has 56 valence electrons. The molecule has 1 atom stereocenters. The fraction of sp³-hybridized carbons (Fsp3) is 0.500. The van der Waals surface area contributed by atoms with Crippen molar-refractivity contribution in [1.29, 1.82) is 0 Å². The van der Waals surface area contributed by atoms with Crippen LogP contribution >= 0.6 is 12.6 Å². The molecule has 0 aliphatic carbocycles. The normalized spacial score (nSPS) is 25.8. The van der Waals surface area contributed by atoms with Gasteiger partial charge in [-0.1, -0.05) is 0 Å². The van der Waals surface area contributed by atoms with Gasteiger partial charge >= 0.3 is 5.97 Å². The molecule has 2 N–H and O–H groups in total. The van der Waals surface area contributed by atoms with Gasteiger partial charge in [0.2, 0.25) is 5.84 Å². The topological polar surface area (TPSA) is 64.9 Å². The smallest absolute Gasteiger partial charge is 0.372 e. The van der Waals surface area contributed by atoms with Gasteiger partial charge in [-0.25, -0.2) is 9.79 Å². The minimum Gasteiger partial charge on any atom is -0.475 e. The van der Waals surface area contributed by atoms with Crippen LogP contribution in [0.1, 0.15) is 0 Å². The molecule has 0 amide bonds. The lowest BCUT2D eigenvalue weighted by Gasteiger charge is -2.11. The summed E-state index contributed by atoms with van der Waals surface area (Å²) in [6, 6.07) is 0. The highest BCUT2D eigenvalue weighted by Gasteiger charge is 2.23. The molecule has 0 saturated heterocycles. The highest BCUT2D eigenvalue weighted by molar-refractivity contribution is 7.80. The fourth-order valence-corrected chi connectivity index (χ4v) is 0.732. The van der Waals surface area contributed by atoms with Crippen LogP contribution in [0.3, 0.4) is 0 Å². The Morgan fingerprint density at radius 3 is 2.80 bits per heavy atom. The first-order valence-electron chi connectivity index (χ1n) is 2.60. The van der Waals surface area contributed by atoms with Crippen LogP contribution in [0.2, 0.25) is 0 Å². The van der Waals surface area contributed by atoms with Crippen LogP contribution in [-0.2, 0) is 4.79 Å². The summed E-state index contributed by atoms with van der Waals surface area (Å²) in [4.78, 5) is 13.9. The molecule has 6 heteroatoms. The van der Waals surface area contributed by atoms with E-state index in [2.05, 4.69) is 23.0 Å². The lowest BCUT2D eigenvalue weighted by molar-refractivity contribution is -0.129. The number of aliphatic carboxylic acids is 1. The average molecular weight is 161 g/mol. The number of hydrazine groups is 1. The van der Waals surface area contributed by atoms with Gasteiger partial charge in [-0.2, -0.15) is 5.01 Å². The van der Waals surface area contributed by atoms with E-state index in [1.165, 1.54) is 5.01 Å². The molecule has 0 spiro atoms. The van der Waals surface area contributed by atoms with Gasteiger partial charge < -0.3 is 5.11 Å². The van der Waals surface area contributed by atoms with Crippen molar-refractivity contribution in [2.24, 2.45) is 4.99 Å². The average Bonchev–Trinajstić information content (AvgIpc) is 2.13. The maximum Gasteiger partial charge on any atom is 0.372 e. The van der Waals surface area contributed by atoms with E-state index >= 15 is 0 Å². The van der Waals surface area contributed by atoms with Gasteiger partial charge in [0.25, 0.3) is 0 Å². The number of thiol groups is 1. The zero-order valence-corrected chi connectivity index (χ0v) is 6.17. The van der Waals surface area contributed by atoms with Gasteiger partial charge in [-0.15, -0.1) is 12.6 Å².